The number of aliphatic carboxylic acids is 2. The van der Waals surface area contributed by atoms with Crippen LogP contribution in [0.15, 0.2) is 24.3 Å². The summed E-state index contributed by atoms with van der Waals surface area (Å²) >= 11 is 0. The highest BCUT2D eigenvalue weighted by molar-refractivity contribution is 5.91. The van der Waals surface area contributed by atoms with Crippen LogP contribution in [0.3, 0.4) is 0 Å². The second kappa shape index (κ2) is 29.5. The quantitative estimate of drug-likeness (QED) is 0.113. The van der Waals surface area contributed by atoms with E-state index in [9.17, 15) is 19.2 Å². The fraction of sp³-hybridized carbons (Fsp3) is 0.704. The lowest BCUT2D eigenvalue weighted by Gasteiger charge is -2.11. The number of ether oxygens (including phenoxy) is 2. The summed E-state index contributed by atoms with van der Waals surface area (Å²) in [4.78, 5) is 42.4. The van der Waals surface area contributed by atoms with Crippen LogP contribution in [0, 0.1) is 0 Å². The third-order valence-corrected chi connectivity index (χ3v) is 4.60. The zero-order valence-electron chi connectivity index (χ0n) is 22.9. The highest BCUT2D eigenvalue weighted by atomic mass is 16.5. The van der Waals surface area contributed by atoms with E-state index in [1.807, 2.05) is 13.8 Å². The molecule has 216 valence electrons. The van der Waals surface area contributed by atoms with Gasteiger partial charge in [-0.15, -0.1) is 0 Å². The molecule has 0 radical (unpaired) electrons. The lowest BCUT2D eigenvalue weighted by Crippen LogP contribution is -2.13. The molecule has 4 N–H and O–H groups in total. The van der Waals surface area contributed by atoms with Crippen molar-refractivity contribution >= 4 is 23.9 Å². The number of aliphatic hydroxyl groups is 2. The average Bonchev–Trinajstić information content (AvgIpc) is 2.83. The molecule has 0 aliphatic carbocycles. The lowest BCUT2D eigenvalue weighted by atomic mass is 10.1. The molecule has 0 heterocycles. The number of carboxylic acid groups (broad SMARTS) is 2. The van der Waals surface area contributed by atoms with Crippen LogP contribution >= 0.6 is 0 Å². The van der Waals surface area contributed by atoms with E-state index in [4.69, 9.17) is 29.9 Å². The van der Waals surface area contributed by atoms with E-state index in [2.05, 4.69) is 13.8 Å². The molecule has 0 fully saturated rings. The average molecular weight is 533 g/mol. The Morgan fingerprint density at radius 3 is 1.19 bits per heavy atom. The van der Waals surface area contributed by atoms with Crippen LogP contribution < -0.4 is 0 Å². The van der Waals surface area contributed by atoms with E-state index in [-0.39, 0.29) is 25.4 Å². The van der Waals surface area contributed by atoms with Crippen molar-refractivity contribution in [3.63, 3.8) is 0 Å². The largest absolute Gasteiger partial charge is 0.478 e. The van der Waals surface area contributed by atoms with Crippen LogP contribution in [-0.2, 0) is 28.7 Å². The van der Waals surface area contributed by atoms with Crippen molar-refractivity contribution < 1.29 is 49.1 Å². The fourth-order valence-corrected chi connectivity index (χ4v) is 2.66. The van der Waals surface area contributed by atoms with Gasteiger partial charge in [-0.2, -0.15) is 0 Å². The Labute approximate surface area is 221 Å². The highest BCUT2D eigenvalue weighted by Gasteiger charge is 2.07. The molecule has 0 aliphatic rings. The first-order valence-electron chi connectivity index (χ1n) is 13.0. The minimum atomic E-state index is -1.15. The lowest BCUT2D eigenvalue weighted by molar-refractivity contribution is -0.143. The van der Waals surface area contributed by atoms with E-state index in [1.54, 1.807) is 0 Å². The molecule has 0 aromatic rings. The Hall–Kier alpha value is -2.72. The van der Waals surface area contributed by atoms with Crippen LogP contribution in [0.25, 0.3) is 0 Å². The summed E-state index contributed by atoms with van der Waals surface area (Å²) in [6.07, 6.45) is 14.4. The Balaban J connectivity index is -0.000000528. The Morgan fingerprint density at radius 2 is 0.946 bits per heavy atom. The number of rotatable bonds is 18. The SMILES string of the molecule is CCCCCCC(C)OC(=O)C=CC(=O)O.CCCCCCC(C)OC(=O)C=CC(=O)O.OCCCO. The summed E-state index contributed by atoms with van der Waals surface area (Å²) in [6.45, 7) is 8.10. The van der Waals surface area contributed by atoms with Crippen LogP contribution in [-0.4, -0.2) is 69.7 Å². The summed E-state index contributed by atoms with van der Waals surface area (Å²) in [6, 6.07) is 0. The Bertz CT molecular complexity index is 589. The van der Waals surface area contributed by atoms with Gasteiger partial charge >= 0.3 is 23.9 Å². The molecular weight excluding hydrogens is 484 g/mol. The summed E-state index contributed by atoms with van der Waals surface area (Å²) in [5.41, 5.74) is 0. The van der Waals surface area contributed by atoms with Gasteiger partial charge in [-0.05, 0) is 46.0 Å². The minimum absolute atomic E-state index is 0.0938. The van der Waals surface area contributed by atoms with Crippen molar-refractivity contribution in [2.75, 3.05) is 13.2 Å². The molecule has 37 heavy (non-hydrogen) atoms. The smallest absolute Gasteiger partial charge is 0.331 e. The minimum Gasteiger partial charge on any atom is -0.478 e. The van der Waals surface area contributed by atoms with E-state index in [0.29, 0.717) is 6.42 Å². The van der Waals surface area contributed by atoms with E-state index < -0.39 is 23.9 Å². The molecule has 10 nitrogen and oxygen atoms in total. The van der Waals surface area contributed by atoms with Crippen LogP contribution in [0.4, 0.5) is 0 Å². The number of carbonyl (C=O) groups excluding carboxylic acids is 2. The molecule has 2 unspecified atom stereocenters. The van der Waals surface area contributed by atoms with Crippen molar-refractivity contribution in [1.82, 2.24) is 0 Å². The van der Waals surface area contributed by atoms with Gasteiger partial charge in [0.05, 0.1) is 12.2 Å². The van der Waals surface area contributed by atoms with Gasteiger partial charge in [-0.1, -0.05) is 52.4 Å². The van der Waals surface area contributed by atoms with Crippen molar-refractivity contribution in [2.45, 2.75) is 111 Å². The second-order valence-corrected chi connectivity index (χ2v) is 8.34. The van der Waals surface area contributed by atoms with Gasteiger partial charge in [0.15, 0.2) is 0 Å². The normalized spacial score (nSPS) is 12.1. The van der Waals surface area contributed by atoms with Crippen molar-refractivity contribution in [3.8, 4) is 0 Å². The van der Waals surface area contributed by atoms with Crippen LogP contribution in [0.2, 0.25) is 0 Å². The van der Waals surface area contributed by atoms with Crippen molar-refractivity contribution in [3.05, 3.63) is 24.3 Å². The van der Waals surface area contributed by atoms with Crippen molar-refractivity contribution in [2.24, 2.45) is 0 Å². The monoisotopic (exact) mass is 532 g/mol. The molecule has 0 amide bonds. The van der Waals surface area contributed by atoms with Crippen LogP contribution in [0.1, 0.15) is 98.3 Å². The van der Waals surface area contributed by atoms with E-state index in [1.165, 1.54) is 25.7 Å². The van der Waals surface area contributed by atoms with Gasteiger partial charge in [-0.3, -0.25) is 0 Å². The number of carbonyl (C=O) groups is 4. The number of unbranched alkanes of at least 4 members (excludes halogenated alkanes) is 6. The maximum absolute atomic E-state index is 11.1. The topological polar surface area (TPSA) is 168 Å². The zero-order valence-corrected chi connectivity index (χ0v) is 22.9. The number of aliphatic hydroxyl groups excluding tert-OH is 2. The molecule has 0 saturated heterocycles. The summed E-state index contributed by atoms with van der Waals surface area (Å²) in [5.74, 6) is -3.48. The Morgan fingerprint density at radius 1 is 0.595 bits per heavy atom. The third-order valence-electron chi connectivity index (χ3n) is 4.60. The molecule has 0 spiro atoms. The predicted octanol–water partition coefficient (Wildman–Crippen LogP) is 4.42. The van der Waals surface area contributed by atoms with Gasteiger partial charge in [-0.25, -0.2) is 19.2 Å². The molecule has 0 rings (SSSR count). The van der Waals surface area contributed by atoms with Gasteiger partial charge in [0.2, 0.25) is 0 Å². The number of hydrogen-bond donors (Lipinski definition) is 4. The molecule has 0 aliphatic heterocycles. The van der Waals surface area contributed by atoms with Crippen LogP contribution in [0.5, 0.6) is 0 Å². The summed E-state index contributed by atoms with van der Waals surface area (Å²) < 4.78 is 9.98. The van der Waals surface area contributed by atoms with Gasteiger partial charge in [0.25, 0.3) is 0 Å². The molecule has 0 saturated carbocycles. The van der Waals surface area contributed by atoms with Gasteiger partial charge < -0.3 is 29.9 Å². The molecular formula is C27H48O10. The molecule has 0 aromatic heterocycles. The number of carboxylic acids is 2. The van der Waals surface area contributed by atoms with Gasteiger partial charge in [0.1, 0.15) is 0 Å². The van der Waals surface area contributed by atoms with Gasteiger partial charge in [0, 0.05) is 37.5 Å². The zero-order chi connectivity index (χ0) is 28.9. The number of hydrogen-bond acceptors (Lipinski definition) is 8. The standard InChI is InChI=1S/2C12H20O4.C3H8O2/c2*1-3-4-5-6-7-10(2)16-12(15)9-8-11(13)14;4-2-1-3-5/h2*8-10H,3-7H2,1-2H3,(H,13,14);4-5H,1-3H2. The number of esters is 2. The third kappa shape index (κ3) is 38.0. The fourth-order valence-electron chi connectivity index (χ4n) is 2.66. The summed E-state index contributed by atoms with van der Waals surface area (Å²) in [5, 5.41) is 32.4. The molecule has 0 aromatic carbocycles. The molecule has 10 heteroatoms. The first-order valence-corrected chi connectivity index (χ1v) is 13.0. The van der Waals surface area contributed by atoms with E-state index in [0.717, 1.165) is 62.8 Å². The maximum Gasteiger partial charge on any atom is 0.331 e. The van der Waals surface area contributed by atoms with Crippen molar-refractivity contribution in [1.29, 1.82) is 0 Å². The first kappa shape index (κ1) is 38.8. The predicted molar refractivity (Wildman–Crippen MR) is 141 cm³/mol. The highest BCUT2D eigenvalue weighted by Crippen LogP contribution is 2.09. The first-order chi connectivity index (χ1) is 17.5. The molecule has 2 atom stereocenters. The maximum atomic E-state index is 11.1. The molecule has 0 bridgehead atoms. The van der Waals surface area contributed by atoms with E-state index >= 15 is 0 Å². The second-order valence-electron chi connectivity index (χ2n) is 8.34. The summed E-state index contributed by atoms with van der Waals surface area (Å²) in [7, 11) is 0. The Kier molecular flexibility index (Phi) is 30.9.